The van der Waals surface area contributed by atoms with Gasteiger partial charge in [0.15, 0.2) is 0 Å². The lowest BCUT2D eigenvalue weighted by molar-refractivity contribution is 0.103. The maximum Gasteiger partial charge on any atom is 0.214 e. The summed E-state index contributed by atoms with van der Waals surface area (Å²) < 4.78 is 9.07. The van der Waals surface area contributed by atoms with Crippen LogP contribution in [0.4, 0.5) is 0 Å². The number of rotatable bonds is 2. The molecular weight excluding hydrogens is 224 g/mol. The Labute approximate surface area is 96.0 Å². The van der Waals surface area contributed by atoms with Gasteiger partial charge in [-0.1, -0.05) is 4.49 Å². The van der Waals surface area contributed by atoms with E-state index in [1.807, 2.05) is 12.1 Å². The van der Waals surface area contributed by atoms with Gasteiger partial charge in [-0.15, -0.1) is 5.10 Å². The second kappa shape index (κ2) is 3.68. The Morgan fingerprint density at radius 1 is 1.44 bits per heavy atom. The molecule has 1 aliphatic heterocycles. The molecule has 4 nitrogen and oxygen atoms in total. The first kappa shape index (κ1) is 9.47. The average molecular weight is 232 g/mol. The number of ether oxygens (including phenoxy) is 1. The number of aromatic nitrogens is 2. The van der Waals surface area contributed by atoms with Gasteiger partial charge in [0.25, 0.3) is 0 Å². The van der Waals surface area contributed by atoms with E-state index in [9.17, 15) is 4.79 Å². The number of hydrogen-bond acceptors (Lipinski definition) is 5. The van der Waals surface area contributed by atoms with Gasteiger partial charge in [0.1, 0.15) is 11.4 Å². The first-order valence-corrected chi connectivity index (χ1v) is 5.76. The monoisotopic (exact) mass is 232 g/mol. The average Bonchev–Trinajstić information content (AvgIpc) is 2.98. The molecule has 1 aliphatic rings. The molecule has 0 saturated heterocycles. The molecule has 0 unspecified atom stereocenters. The molecule has 5 heteroatoms. The third kappa shape index (κ3) is 1.49. The van der Waals surface area contributed by atoms with Crippen molar-refractivity contribution in [2.45, 2.75) is 6.42 Å². The fraction of sp³-hybridized carbons (Fsp3) is 0.182. The summed E-state index contributed by atoms with van der Waals surface area (Å²) in [7, 11) is 0. The summed E-state index contributed by atoms with van der Waals surface area (Å²) in [6, 6.07) is 5.49. The van der Waals surface area contributed by atoms with Crippen molar-refractivity contribution in [3.8, 4) is 5.75 Å². The molecule has 2 heterocycles. The Morgan fingerprint density at radius 3 is 3.19 bits per heavy atom. The molecule has 0 N–H and O–H groups in total. The van der Waals surface area contributed by atoms with E-state index in [-0.39, 0.29) is 5.78 Å². The van der Waals surface area contributed by atoms with Crippen molar-refractivity contribution in [3.63, 3.8) is 0 Å². The van der Waals surface area contributed by atoms with E-state index in [1.165, 1.54) is 11.5 Å². The maximum absolute atomic E-state index is 12.0. The van der Waals surface area contributed by atoms with Gasteiger partial charge >= 0.3 is 0 Å². The molecule has 3 rings (SSSR count). The first-order valence-electron chi connectivity index (χ1n) is 4.92. The van der Waals surface area contributed by atoms with Crippen LogP contribution in [-0.4, -0.2) is 22.0 Å². The molecule has 16 heavy (non-hydrogen) atoms. The number of nitrogens with zero attached hydrogens (tertiary/aromatic N) is 2. The van der Waals surface area contributed by atoms with E-state index in [1.54, 1.807) is 11.4 Å². The quantitative estimate of drug-likeness (QED) is 0.739. The summed E-state index contributed by atoms with van der Waals surface area (Å²) in [5, 5.41) is 5.43. The van der Waals surface area contributed by atoms with Crippen molar-refractivity contribution < 1.29 is 9.53 Å². The summed E-state index contributed by atoms with van der Waals surface area (Å²) in [4.78, 5) is 12.0. The lowest BCUT2D eigenvalue weighted by Gasteiger charge is -2.01. The van der Waals surface area contributed by atoms with Crippen molar-refractivity contribution in [2.24, 2.45) is 0 Å². The molecule has 0 atom stereocenters. The minimum Gasteiger partial charge on any atom is -0.493 e. The SMILES string of the molecule is O=C(c1ccc2c(c1)CCO2)c1csnn1. The van der Waals surface area contributed by atoms with Crippen LogP contribution in [0.1, 0.15) is 21.6 Å². The summed E-state index contributed by atoms with van der Waals surface area (Å²) in [5.41, 5.74) is 2.15. The molecular formula is C11H8N2O2S. The molecule has 80 valence electrons. The van der Waals surface area contributed by atoms with Crippen LogP contribution in [0.25, 0.3) is 0 Å². The Bertz CT molecular complexity index is 537. The van der Waals surface area contributed by atoms with Crippen LogP contribution in [0.2, 0.25) is 0 Å². The molecule has 2 aromatic rings. The molecule has 0 saturated carbocycles. The van der Waals surface area contributed by atoms with Gasteiger partial charge in [0, 0.05) is 17.4 Å². The number of hydrogen-bond donors (Lipinski definition) is 0. The fourth-order valence-electron chi connectivity index (χ4n) is 1.74. The van der Waals surface area contributed by atoms with Crippen LogP contribution in [-0.2, 0) is 6.42 Å². The van der Waals surface area contributed by atoms with Gasteiger partial charge in [-0.25, -0.2) is 0 Å². The zero-order valence-electron chi connectivity index (χ0n) is 8.34. The van der Waals surface area contributed by atoms with Gasteiger partial charge in [-0.2, -0.15) is 0 Å². The summed E-state index contributed by atoms with van der Waals surface area (Å²) in [6.07, 6.45) is 0.867. The zero-order chi connectivity index (χ0) is 11.0. The van der Waals surface area contributed by atoms with E-state index < -0.39 is 0 Å². The minimum atomic E-state index is -0.0801. The molecule has 0 fully saturated rings. The third-order valence-electron chi connectivity index (χ3n) is 2.54. The minimum absolute atomic E-state index is 0.0801. The lowest BCUT2D eigenvalue weighted by atomic mass is 10.0. The van der Waals surface area contributed by atoms with Gasteiger partial charge in [0.05, 0.1) is 6.61 Å². The predicted octanol–water partition coefficient (Wildman–Crippen LogP) is 1.70. The van der Waals surface area contributed by atoms with Gasteiger partial charge in [-0.3, -0.25) is 4.79 Å². The summed E-state index contributed by atoms with van der Waals surface area (Å²) in [5.74, 6) is 0.802. The highest BCUT2D eigenvalue weighted by molar-refractivity contribution is 7.03. The normalized spacial score (nSPS) is 13.2. The van der Waals surface area contributed by atoms with Crippen LogP contribution >= 0.6 is 11.5 Å². The van der Waals surface area contributed by atoms with Crippen LogP contribution < -0.4 is 4.74 Å². The largest absolute Gasteiger partial charge is 0.493 e. The van der Waals surface area contributed by atoms with Crippen LogP contribution in [0, 0.1) is 0 Å². The molecule has 0 spiro atoms. The van der Waals surface area contributed by atoms with E-state index in [0.29, 0.717) is 17.9 Å². The Balaban J connectivity index is 1.99. The summed E-state index contributed by atoms with van der Waals surface area (Å²) in [6.45, 7) is 0.700. The fourth-order valence-corrected chi connectivity index (χ4v) is 2.18. The Hall–Kier alpha value is -1.75. The second-order valence-electron chi connectivity index (χ2n) is 3.54. The highest BCUT2D eigenvalue weighted by Crippen LogP contribution is 2.26. The van der Waals surface area contributed by atoms with Crippen molar-refractivity contribution >= 4 is 17.3 Å². The van der Waals surface area contributed by atoms with Crippen molar-refractivity contribution in [3.05, 3.63) is 40.4 Å². The summed E-state index contributed by atoms with van der Waals surface area (Å²) >= 11 is 1.18. The first-order chi connectivity index (χ1) is 7.84. The number of carbonyl (C=O) groups excluding carboxylic acids is 1. The van der Waals surface area contributed by atoms with Crippen LogP contribution in [0.5, 0.6) is 5.75 Å². The topological polar surface area (TPSA) is 52.1 Å². The molecule has 0 radical (unpaired) electrons. The van der Waals surface area contributed by atoms with E-state index in [0.717, 1.165) is 17.7 Å². The van der Waals surface area contributed by atoms with Crippen LogP contribution in [0.15, 0.2) is 23.6 Å². The van der Waals surface area contributed by atoms with Gasteiger partial charge in [-0.05, 0) is 35.3 Å². The van der Waals surface area contributed by atoms with E-state index >= 15 is 0 Å². The molecule has 0 bridgehead atoms. The smallest absolute Gasteiger partial charge is 0.214 e. The Morgan fingerprint density at radius 2 is 2.38 bits per heavy atom. The van der Waals surface area contributed by atoms with E-state index in [2.05, 4.69) is 9.59 Å². The van der Waals surface area contributed by atoms with E-state index in [4.69, 9.17) is 4.74 Å². The molecule has 1 aromatic carbocycles. The van der Waals surface area contributed by atoms with Crippen molar-refractivity contribution in [1.29, 1.82) is 0 Å². The molecule has 1 aromatic heterocycles. The Kier molecular flexibility index (Phi) is 2.18. The van der Waals surface area contributed by atoms with Crippen molar-refractivity contribution in [1.82, 2.24) is 9.59 Å². The zero-order valence-corrected chi connectivity index (χ0v) is 9.16. The number of fused-ring (bicyclic) bond motifs is 1. The number of ketones is 1. The number of carbonyl (C=O) groups is 1. The van der Waals surface area contributed by atoms with Gasteiger partial charge in [0.2, 0.25) is 5.78 Å². The third-order valence-corrected chi connectivity index (χ3v) is 3.05. The van der Waals surface area contributed by atoms with Crippen molar-refractivity contribution in [2.75, 3.05) is 6.61 Å². The standard InChI is InChI=1S/C11H8N2O2S/c14-11(9-6-16-13-12-9)8-1-2-10-7(5-8)3-4-15-10/h1-2,5-6H,3-4H2. The predicted molar refractivity (Wildman–Crippen MR) is 59.0 cm³/mol. The number of benzene rings is 1. The highest BCUT2D eigenvalue weighted by Gasteiger charge is 2.17. The second-order valence-corrected chi connectivity index (χ2v) is 4.15. The maximum atomic E-state index is 12.0. The van der Waals surface area contributed by atoms with Crippen LogP contribution in [0.3, 0.4) is 0 Å². The highest BCUT2D eigenvalue weighted by atomic mass is 32.1. The molecule has 0 amide bonds. The van der Waals surface area contributed by atoms with Gasteiger partial charge < -0.3 is 4.74 Å². The lowest BCUT2D eigenvalue weighted by Crippen LogP contribution is -2.02. The molecule has 0 aliphatic carbocycles.